The van der Waals surface area contributed by atoms with Crippen molar-refractivity contribution in [1.82, 2.24) is 15.1 Å². The van der Waals surface area contributed by atoms with Gasteiger partial charge in [-0.2, -0.15) is 5.10 Å². The van der Waals surface area contributed by atoms with Gasteiger partial charge in [-0.1, -0.05) is 30.3 Å². The molecule has 0 bridgehead atoms. The number of carbonyl (C=O) groups excluding carboxylic acids is 1. The predicted octanol–water partition coefficient (Wildman–Crippen LogP) is 2.37. The number of carboxylic acids is 1. The molecule has 2 aromatic rings. The van der Waals surface area contributed by atoms with Crippen molar-refractivity contribution in [1.29, 1.82) is 0 Å². The van der Waals surface area contributed by atoms with E-state index in [2.05, 4.69) is 10.4 Å². The second-order valence-electron chi connectivity index (χ2n) is 6.45. The first-order valence-electron chi connectivity index (χ1n) is 8.10. The summed E-state index contributed by atoms with van der Waals surface area (Å²) in [6, 6.07) is 9.91. The van der Waals surface area contributed by atoms with Crippen molar-refractivity contribution in [2.75, 3.05) is 0 Å². The molecule has 1 amide bonds. The molecule has 1 fully saturated rings. The number of nitrogens with zero attached hydrogens (tertiary/aromatic N) is 2. The van der Waals surface area contributed by atoms with Crippen molar-refractivity contribution in [3.8, 4) is 0 Å². The second-order valence-corrected chi connectivity index (χ2v) is 6.45. The third kappa shape index (κ3) is 3.32. The number of rotatable bonds is 6. The summed E-state index contributed by atoms with van der Waals surface area (Å²) in [6.07, 6.45) is 3.89. The lowest BCUT2D eigenvalue weighted by molar-refractivity contribution is -0.139. The zero-order chi connectivity index (χ0) is 17.2. The molecule has 0 radical (unpaired) electrons. The van der Waals surface area contributed by atoms with Gasteiger partial charge in [-0.25, -0.2) is 0 Å². The van der Waals surface area contributed by atoms with Gasteiger partial charge in [0.05, 0.1) is 30.3 Å². The van der Waals surface area contributed by atoms with E-state index in [4.69, 9.17) is 5.11 Å². The van der Waals surface area contributed by atoms with Crippen LogP contribution < -0.4 is 5.32 Å². The zero-order valence-electron chi connectivity index (χ0n) is 13.7. The molecular weight excluding hydrogens is 306 g/mol. The van der Waals surface area contributed by atoms with Gasteiger partial charge in [-0.05, 0) is 31.7 Å². The molecule has 3 rings (SSSR count). The number of carbonyl (C=O) groups is 2. The van der Waals surface area contributed by atoms with Crippen LogP contribution in [0.15, 0.2) is 36.5 Å². The Labute approximate surface area is 140 Å². The summed E-state index contributed by atoms with van der Waals surface area (Å²) in [5.41, 5.74) is 1.79. The van der Waals surface area contributed by atoms with E-state index in [9.17, 15) is 9.59 Å². The average molecular weight is 327 g/mol. The highest BCUT2D eigenvalue weighted by molar-refractivity contribution is 5.96. The van der Waals surface area contributed by atoms with Gasteiger partial charge in [0, 0.05) is 5.69 Å². The fourth-order valence-electron chi connectivity index (χ4n) is 3.13. The van der Waals surface area contributed by atoms with E-state index in [1.165, 1.54) is 0 Å². The maximum absolute atomic E-state index is 12.6. The van der Waals surface area contributed by atoms with Crippen LogP contribution in [0.4, 0.5) is 0 Å². The molecule has 1 aliphatic carbocycles. The van der Waals surface area contributed by atoms with Gasteiger partial charge >= 0.3 is 5.97 Å². The number of aliphatic carboxylic acids is 1. The number of aromatic nitrogens is 2. The fourth-order valence-corrected chi connectivity index (χ4v) is 3.13. The Balaban J connectivity index is 1.73. The Kier molecular flexibility index (Phi) is 4.38. The molecule has 0 unspecified atom stereocenters. The first-order valence-corrected chi connectivity index (χ1v) is 8.10. The first-order chi connectivity index (χ1) is 11.5. The van der Waals surface area contributed by atoms with Crippen LogP contribution >= 0.6 is 0 Å². The highest BCUT2D eigenvalue weighted by atomic mass is 16.4. The molecule has 0 aliphatic heterocycles. The van der Waals surface area contributed by atoms with Gasteiger partial charge in [0.15, 0.2) is 0 Å². The SMILES string of the molecule is Cc1c(C(=O)NC2(CC(=O)O)CCC2)cnn1Cc1ccccc1. The third-order valence-corrected chi connectivity index (χ3v) is 4.70. The fraction of sp³-hybridized carbons (Fsp3) is 0.389. The Morgan fingerprint density at radius 1 is 1.29 bits per heavy atom. The Morgan fingerprint density at radius 3 is 2.58 bits per heavy atom. The quantitative estimate of drug-likeness (QED) is 0.853. The van der Waals surface area contributed by atoms with Gasteiger partial charge in [0.2, 0.25) is 0 Å². The summed E-state index contributed by atoms with van der Waals surface area (Å²) in [5, 5.41) is 16.3. The highest BCUT2D eigenvalue weighted by Crippen LogP contribution is 2.35. The number of nitrogens with one attached hydrogen (secondary N) is 1. The maximum atomic E-state index is 12.6. The topological polar surface area (TPSA) is 84.2 Å². The van der Waals surface area contributed by atoms with E-state index in [0.29, 0.717) is 24.9 Å². The van der Waals surface area contributed by atoms with Gasteiger partial charge < -0.3 is 10.4 Å². The van der Waals surface area contributed by atoms with Crippen LogP contribution in [0.2, 0.25) is 0 Å². The molecule has 1 aromatic carbocycles. The molecule has 126 valence electrons. The summed E-state index contributed by atoms with van der Waals surface area (Å²) in [6.45, 7) is 2.45. The largest absolute Gasteiger partial charge is 0.481 e. The Morgan fingerprint density at radius 2 is 2.00 bits per heavy atom. The second kappa shape index (κ2) is 6.47. The number of carboxylic acid groups (broad SMARTS) is 1. The van der Waals surface area contributed by atoms with E-state index in [0.717, 1.165) is 17.7 Å². The molecule has 2 N–H and O–H groups in total. The number of benzene rings is 1. The van der Waals surface area contributed by atoms with E-state index in [-0.39, 0.29) is 12.3 Å². The van der Waals surface area contributed by atoms with Crippen LogP contribution in [0.25, 0.3) is 0 Å². The van der Waals surface area contributed by atoms with Crippen molar-refractivity contribution in [2.45, 2.75) is 44.7 Å². The molecule has 6 nitrogen and oxygen atoms in total. The van der Waals surface area contributed by atoms with Gasteiger partial charge in [0.1, 0.15) is 0 Å². The Bertz CT molecular complexity index is 748. The first kappa shape index (κ1) is 16.2. The van der Waals surface area contributed by atoms with Crippen LogP contribution in [-0.4, -0.2) is 32.3 Å². The smallest absolute Gasteiger partial charge is 0.305 e. The minimum absolute atomic E-state index is 0.0318. The summed E-state index contributed by atoms with van der Waals surface area (Å²) in [7, 11) is 0. The molecule has 0 atom stereocenters. The van der Waals surface area contributed by atoms with Crippen molar-refractivity contribution in [3.63, 3.8) is 0 Å². The zero-order valence-corrected chi connectivity index (χ0v) is 13.7. The molecule has 1 aromatic heterocycles. The van der Waals surface area contributed by atoms with Crippen molar-refractivity contribution in [3.05, 3.63) is 53.3 Å². The van der Waals surface area contributed by atoms with Crippen molar-refractivity contribution < 1.29 is 14.7 Å². The lowest BCUT2D eigenvalue weighted by atomic mass is 9.74. The molecule has 6 heteroatoms. The lowest BCUT2D eigenvalue weighted by Gasteiger charge is -2.41. The molecule has 0 spiro atoms. The summed E-state index contributed by atoms with van der Waals surface area (Å²) in [5.74, 6) is -1.13. The van der Waals surface area contributed by atoms with Crippen LogP contribution in [0.3, 0.4) is 0 Å². The number of hydrogen-bond donors (Lipinski definition) is 2. The molecule has 1 saturated carbocycles. The molecule has 0 saturated heterocycles. The molecule has 1 aliphatic rings. The number of amides is 1. The number of hydrogen-bond acceptors (Lipinski definition) is 3. The third-order valence-electron chi connectivity index (χ3n) is 4.70. The van der Waals surface area contributed by atoms with Gasteiger partial charge in [0.25, 0.3) is 5.91 Å². The van der Waals surface area contributed by atoms with Crippen LogP contribution in [0.1, 0.15) is 47.3 Å². The lowest BCUT2D eigenvalue weighted by Crippen LogP contribution is -2.54. The summed E-state index contributed by atoms with van der Waals surface area (Å²) in [4.78, 5) is 23.6. The minimum Gasteiger partial charge on any atom is -0.481 e. The maximum Gasteiger partial charge on any atom is 0.305 e. The summed E-state index contributed by atoms with van der Waals surface area (Å²) >= 11 is 0. The monoisotopic (exact) mass is 327 g/mol. The van der Waals surface area contributed by atoms with Crippen molar-refractivity contribution in [2.24, 2.45) is 0 Å². The Hall–Kier alpha value is -2.63. The minimum atomic E-state index is -0.883. The van der Waals surface area contributed by atoms with Gasteiger partial charge in [-0.15, -0.1) is 0 Å². The van der Waals surface area contributed by atoms with Crippen LogP contribution in [0.5, 0.6) is 0 Å². The molecular formula is C18H21N3O3. The summed E-state index contributed by atoms with van der Waals surface area (Å²) < 4.78 is 1.79. The van der Waals surface area contributed by atoms with E-state index >= 15 is 0 Å². The molecule has 1 heterocycles. The van der Waals surface area contributed by atoms with E-state index in [1.54, 1.807) is 10.9 Å². The average Bonchev–Trinajstić information content (AvgIpc) is 2.87. The van der Waals surface area contributed by atoms with Gasteiger partial charge in [-0.3, -0.25) is 14.3 Å². The molecule has 24 heavy (non-hydrogen) atoms. The highest BCUT2D eigenvalue weighted by Gasteiger charge is 2.40. The van der Waals surface area contributed by atoms with Crippen LogP contribution in [-0.2, 0) is 11.3 Å². The standard InChI is InChI=1S/C18H21N3O3/c1-13-15(11-19-21(13)12-14-6-3-2-4-7-14)17(24)20-18(8-5-9-18)10-16(22)23/h2-4,6-7,11H,5,8-10,12H2,1H3,(H,20,24)(H,22,23). The van der Waals surface area contributed by atoms with E-state index < -0.39 is 11.5 Å². The van der Waals surface area contributed by atoms with E-state index in [1.807, 2.05) is 37.3 Å². The predicted molar refractivity (Wildman–Crippen MR) is 88.8 cm³/mol. The normalized spacial score (nSPS) is 15.5. The van der Waals surface area contributed by atoms with Crippen molar-refractivity contribution >= 4 is 11.9 Å². The van der Waals surface area contributed by atoms with Crippen LogP contribution in [0, 0.1) is 6.92 Å².